The van der Waals surface area contributed by atoms with Crippen LogP contribution in [0.5, 0.6) is 0 Å². The highest BCUT2D eigenvalue weighted by Gasteiger charge is 2.53. The summed E-state index contributed by atoms with van der Waals surface area (Å²) in [7, 11) is 0. The Kier molecular flexibility index (Phi) is 7.29. The van der Waals surface area contributed by atoms with Crippen LogP contribution in [0.25, 0.3) is 0 Å². The van der Waals surface area contributed by atoms with Gasteiger partial charge in [-0.15, -0.1) is 0 Å². The molecule has 0 N–H and O–H groups in total. The lowest BCUT2D eigenvalue weighted by atomic mass is 10.8. The van der Waals surface area contributed by atoms with Crippen molar-refractivity contribution in [3.05, 3.63) is 0 Å². The molecule has 0 saturated heterocycles. The molecule has 2 unspecified atom stereocenters. The summed E-state index contributed by atoms with van der Waals surface area (Å²) in [6.45, 7) is 1.44. The molecule has 0 aliphatic heterocycles. The first-order chi connectivity index (χ1) is 9.42. The minimum atomic E-state index is -0.619. The van der Waals surface area contributed by atoms with Gasteiger partial charge in [-0.1, -0.05) is 46.4 Å². The summed E-state index contributed by atoms with van der Waals surface area (Å²) in [5, 5.41) is 0. The van der Waals surface area contributed by atoms with Gasteiger partial charge in [0.2, 0.25) is 0 Å². The van der Waals surface area contributed by atoms with Crippen LogP contribution in [-0.4, -0.2) is 57.1 Å². The van der Waals surface area contributed by atoms with E-state index in [-0.39, 0.29) is 12.2 Å². The molecule has 2 nitrogen and oxygen atoms in total. The molecular weight excluding hydrogens is 382 g/mol. The summed E-state index contributed by atoms with van der Waals surface area (Å²) in [6.07, 6.45) is 1.58. The van der Waals surface area contributed by atoms with E-state index in [9.17, 15) is 0 Å². The van der Waals surface area contributed by atoms with E-state index in [1.165, 1.54) is 0 Å². The van der Waals surface area contributed by atoms with Crippen molar-refractivity contribution in [3.63, 3.8) is 0 Å². The Morgan fingerprint density at radius 1 is 0.750 bits per heavy atom. The summed E-state index contributed by atoms with van der Waals surface area (Å²) in [5.41, 5.74) is 0. The van der Waals surface area contributed by atoms with E-state index < -0.39 is 8.67 Å². The molecule has 2 atom stereocenters. The summed E-state index contributed by atoms with van der Waals surface area (Å²) in [5.74, 6) is 4.20. The highest BCUT2D eigenvalue weighted by Crippen LogP contribution is 2.49. The standard InChI is InChI=1S/C12H18Cl4O2S2/c13-11(14)7-9(11)17-1-3-19-5-6-20-4-2-18-10-8-12(10,15)16/h9-10H,1-8H2. The van der Waals surface area contributed by atoms with Crippen molar-refractivity contribution >= 4 is 69.9 Å². The Morgan fingerprint density at radius 3 is 1.40 bits per heavy atom. The number of halogens is 4. The number of hydrogen-bond acceptors (Lipinski definition) is 4. The second kappa shape index (κ2) is 8.05. The van der Waals surface area contributed by atoms with Crippen molar-refractivity contribution in [2.75, 3.05) is 36.2 Å². The van der Waals surface area contributed by atoms with E-state index in [4.69, 9.17) is 55.9 Å². The summed E-state index contributed by atoms with van der Waals surface area (Å²) in [6, 6.07) is 0. The van der Waals surface area contributed by atoms with Crippen LogP contribution in [0, 0.1) is 0 Å². The third-order valence-electron chi connectivity index (χ3n) is 3.00. The van der Waals surface area contributed by atoms with Gasteiger partial charge in [0.05, 0.1) is 25.4 Å². The van der Waals surface area contributed by atoms with E-state index in [1.54, 1.807) is 0 Å². The van der Waals surface area contributed by atoms with Gasteiger partial charge >= 0.3 is 0 Å². The van der Waals surface area contributed by atoms with Crippen molar-refractivity contribution < 1.29 is 9.47 Å². The van der Waals surface area contributed by atoms with Gasteiger partial charge in [0.1, 0.15) is 8.67 Å². The monoisotopic (exact) mass is 398 g/mol. The molecule has 118 valence electrons. The molecule has 2 aliphatic carbocycles. The number of thioether (sulfide) groups is 2. The van der Waals surface area contributed by atoms with Gasteiger partial charge < -0.3 is 9.47 Å². The Balaban J connectivity index is 1.28. The molecule has 2 saturated carbocycles. The van der Waals surface area contributed by atoms with Crippen LogP contribution in [-0.2, 0) is 9.47 Å². The molecule has 0 heterocycles. The van der Waals surface area contributed by atoms with Crippen LogP contribution in [0.4, 0.5) is 0 Å². The number of rotatable bonds is 11. The smallest absolute Gasteiger partial charge is 0.146 e. The molecule has 0 radical (unpaired) electrons. The normalized spacial score (nSPS) is 29.4. The van der Waals surface area contributed by atoms with Crippen LogP contribution in [0.3, 0.4) is 0 Å². The van der Waals surface area contributed by atoms with Crippen LogP contribution in [0.1, 0.15) is 12.8 Å². The topological polar surface area (TPSA) is 18.5 Å². The quantitative estimate of drug-likeness (QED) is 0.379. The molecule has 8 heteroatoms. The van der Waals surface area contributed by atoms with Crippen LogP contribution in [0.15, 0.2) is 0 Å². The molecule has 0 spiro atoms. The number of alkyl halides is 4. The van der Waals surface area contributed by atoms with E-state index in [0.717, 1.165) is 49.1 Å². The highest BCUT2D eigenvalue weighted by molar-refractivity contribution is 8.02. The predicted octanol–water partition coefficient (Wildman–Crippen LogP) is 4.38. The van der Waals surface area contributed by atoms with Gasteiger partial charge in [-0.05, 0) is 0 Å². The maximum atomic E-state index is 5.86. The van der Waals surface area contributed by atoms with Gasteiger partial charge in [0.25, 0.3) is 0 Å². The molecule has 0 aromatic heterocycles. The van der Waals surface area contributed by atoms with Gasteiger partial charge in [0, 0.05) is 35.9 Å². The first kappa shape index (κ1) is 18.1. The second-order valence-corrected chi connectivity index (χ2v) is 10.4. The molecule has 2 rings (SSSR count). The van der Waals surface area contributed by atoms with Crippen molar-refractivity contribution in [1.82, 2.24) is 0 Å². The van der Waals surface area contributed by atoms with Crippen LogP contribution in [0.2, 0.25) is 0 Å². The van der Waals surface area contributed by atoms with E-state index >= 15 is 0 Å². The Morgan fingerprint density at radius 2 is 1.10 bits per heavy atom. The zero-order chi connectivity index (χ0) is 14.6. The lowest BCUT2D eigenvalue weighted by Gasteiger charge is -2.05. The van der Waals surface area contributed by atoms with E-state index in [0.29, 0.717) is 0 Å². The largest absolute Gasteiger partial charge is 0.374 e. The minimum absolute atomic E-state index is 0.0383. The van der Waals surface area contributed by atoms with Crippen LogP contribution >= 0.6 is 69.9 Å². The SMILES string of the molecule is ClC1(Cl)CC1OCCSCCSCCOC1CC1(Cl)Cl. The van der Waals surface area contributed by atoms with Crippen molar-refractivity contribution in [3.8, 4) is 0 Å². The van der Waals surface area contributed by atoms with Crippen molar-refractivity contribution in [2.45, 2.75) is 33.7 Å². The Hall–Kier alpha value is 1.78. The lowest BCUT2D eigenvalue weighted by molar-refractivity contribution is 0.133. The summed E-state index contributed by atoms with van der Waals surface area (Å²) in [4.78, 5) is 0. The zero-order valence-electron chi connectivity index (χ0n) is 11.0. The molecular formula is C12H18Cl4O2S2. The molecule has 2 aliphatic rings. The molecule has 2 fully saturated rings. The van der Waals surface area contributed by atoms with E-state index in [1.807, 2.05) is 23.5 Å². The fourth-order valence-electron chi connectivity index (χ4n) is 1.56. The minimum Gasteiger partial charge on any atom is -0.374 e. The fraction of sp³-hybridized carbons (Fsp3) is 1.00. The lowest BCUT2D eigenvalue weighted by Crippen LogP contribution is -2.06. The average molecular weight is 400 g/mol. The van der Waals surface area contributed by atoms with Crippen LogP contribution < -0.4 is 0 Å². The van der Waals surface area contributed by atoms with Gasteiger partial charge in [-0.2, -0.15) is 23.5 Å². The molecule has 0 bridgehead atoms. The molecule has 0 aromatic carbocycles. The van der Waals surface area contributed by atoms with Crippen molar-refractivity contribution in [2.24, 2.45) is 0 Å². The highest BCUT2D eigenvalue weighted by atomic mass is 35.5. The average Bonchev–Trinajstić information content (AvgIpc) is 3.17. The van der Waals surface area contributed by atoms with Gasteiger partial charge in [0.15, 0.2) is 0 Å². The maximum absolute atomic E-state index is 5.86. The Bertz CT molecular complexity index is 288. The molecule has 0 amide bonds. The third-order valence-corrected chi connectivity index (χ3v) is 6.75. The second-order valence-electron chi connectivity index (χ2n) is 4.87. The maximum Gasteiger partial charge on any atom is 0.146 e. The predicted molar refractivity (Wildman–Crippen MR) is 92.2 cm³/mol. The van der Waals surface area contributed by atoms with Crippen molar-refractivity contribution in [1.29, 1.82) is 0 Å². The third kappa shape index (κ3) is 6.49. The molecule has 20 heavy (non-hydrogen) atoms. The van der Waals surface area contributed by atoms with E-state index in [2.05, 4.69) is 0 Å². The number of hydrogen-bond donors (Lipinski definition) is 0. The summed E-state index contributed by atoms with van der Waals surface area (Å²) >= 11 is 27.2. The fourth-order valence-corrected chi connectivity index (χ4v) is 4.15. The summed E-state index contributed by atoms with van der Waals surface area (Å²) < 4.78 is 9.82. The molecule has 0 aromatic rings. The zero-order valence-corrected chi connectivity index (χ0v) is 15.6. The van der Waals surface area contributed by atoms with Gasteiger partial charge in [-0.25, -0.2) is 0 Å². The number of ether oxygens (including phenoxy) is 2. The Labute approximate surface area is 148 Å². The van der Waals surface area contributed by atoms with Gasteiger partial charge in [-0.3, -0.25) is 0 Å². The first-order valence-corrected chi connectivity index (χ1v) is 10.4. The first-order valence-electron chi connectivity index (χ1n) is 6.56.